The number of nitrogens with zero attached hydrogens (tertiary/aromatic N) is 1. The van der Waals surface area contributed by atoms with Crippen molar-refractivity contribution >= 4 is 23.3 Å². The van der Waals surface area contributed by atoms with Gasteiger partial charge in [-0.3, -0.25) is 0 Å². The van der Waals surface area contributed by atoms with Crippen LogP contribution in [0.1, 0.15) is 20.3 Å². The fraction of sp³-hybridized carbons (Fsp3) is 0.500. The number of aromatic nitrogens is 2. The Kier molecular flexibility index (Phi) is 3.10. The highest BCUT2D eigenvalue weighted by Crippen LogP contribution is 2.37. The molecule has 108 valence electrons. The molecule has 0 radical (unpaired) electrons. The molecule has 1 aliphatic heterocycles. The monoisotopic (exact) mass is 296 g/mol. The second-order valence-electron chi connectivity index (χ2n) is 5.39. The molecule has 20 heavy (non-hydrogen) atoms. The number of fused-ring (bicyclic) bond motifs is 1. The highest BCUT2D eigenvalue weighted by Gasteiger charge is 2.40. The molecule has 0 saturated carbocycles. The van der Waals surface area contributed by atoms with Crippen LogP contribution in [0.3, 0.4) is 0 Å². The molecule has 1 aliphatic rings. The molecule has 1 aromatic carbocycles. The molecule has 0 amide bonds. The number of hydrogen-bond donors (Lipinski definition) is 1. The molecule has 1 fully saturated rings. The van der Waals surface area contributed by atoms with Crippen LogP contribution in [0.25, 0.3) is 11.0 Å². The summed E-state index contributed by atoms with van der Waals surface area (Å²) in [5, 5.41) is 0. The van der Waals surface area contributed by atoms with E-state index in [-0.39, 0.29) is 17.4 Å². The number of H-pyrrole nitrogens is 1. The van der Waals surface area contributed by atoms with Gasteiger partial charge in [-0.2, -0.15) is 0 Å². The van der Waals surface area contributed by atoms with E-state index in [9.17, 15) is 4.39 Å². The lowest BCUT2D eigenvalue weighted by Crippen LogP contribution is -2.36. The molecule has 4 nitrogen and oxygen atoms in total. The van der Waals surface area contributed by atoms with Crippen LogP contribution in [0.2, 0.25) is 0 Å². The van der Waals surface area contributed by atoms with Crippen molar-refractivity contribution in [3.63, 3.8) is 0 Å². The van der Waals surface area contributed by atoms with Gasteiger partial charge in [-0.15, -0.1) is 0 Å². The number of methoxy groups -OCH3 is 1. The maximum absolute atomic E-state index is 13.8. The van der Waals surface area contributed by atoms with Gasteiger partial charge in [0.25, 0.3) is 0 Å². The molecular formula is C14H17FN2O2S. The average Bonchev–Trinajstić information content (AvgIpc) is 2.89. The number of ether oxygens (including phenoxy) is 2. The molecule has 2 unspecified atom stereocenters. The number of aromatic amines is 1. The molecule has 6 heteroatoms. The lowest BCUT2D eigenvalue weighted by Gasteiger charge is -2.30. The highest BCUT2D eigenvalue weighted by atomic mass is 32.1. The van der Waals surface area contributed by atoms with Gasteiger partial charge in [0.2, 0.25) is 0 Å². The molecule has 2 aromatic rings. The van der Waals surface area contributed by atoms with Crippen LogP contribution >= 0.6 is 12.2 Å². The van der Waals surface area contributed by atoms with E-state index in [2.05, 4.69) is 11.9 Å². The molecule has 3 rings (SSSR count). The molecule has 0 bridgehead atoms. The zero-order valence-corrected chi connectivity index (χ0v) is 12.5. The third-order valence-electron chi connectivity index (χ3n) is 4.32. The van der Waals surface area contributed by atoms with Crippen molar-refractivity contribution in [3.05, 3.63) is 22.7 Å². The topological polar surface area (TPSA) is 39.2 Å². The fourth-order valence-electron chi connectivity index (χ4n) is 2.89. The molecule has 2 heterocycles. The van der Waals surface area contributed by atoms with Crippen molar-refractivity contribution in [1.82, 2.24) is 9.55 Å². The van der Waals surface area contributed by atoms with Crippen LogP contribution in [0.15, 0.2) is 12.1 Å². The van der Waals surface area contributed by atoms with E-state index in [1.54, 1.807) is 6.07 Å². The first kappa shape index (κ1) is 13.6. The number of imidazole rings is 1. The van der Waals surface area contributed by atoms with E-state index in [4.69, 9.17) is 21.7 Å². The second kappa shape index (κ2) is 4.56. The SMILES string of the molecule is COc1cc2c(cc1F)[nH]c(=S)n2C1(C)CCOC1C. The quantitative estimate of drug-likeness (QED) is 0.864. The lowest BCUT2D eigenvalue weighted by molar-refractivity contribution is 0.0770. The van der Waals surface area contributed by atoms with Crippen LogP contribution in [0, 0.1) is 10.6 Å². The highest BCUT2D eigenvalue weighted by molar-refractivity contribution is 7.71. The van der Waals surface area contributed by atoms with Crippen LogP contribution in [-0.4, -0.2) is 29.4 Å². The Hall–Kier alpha value is -1.40. The Morgan fingerprint density at radius 3 is 2.90 bits per heavy atom. The summed E-state index contributed by atoms with van der Waals surface area (Å²) in [6, 6.07) is 3.11. The number of benzene rings is 1. The third kappa shape index (κ3) is 1.78. The van der Waals surface area contributed by atoms with Crippen molar-refractivity contribution < 1.29 is 13.9 Å². The molecule has 1 saturated heterocycles. The minimum atomic E-state index is -0.399. The van der Waals surface area contributed by atoms with Crippen molar-refractivity contribution in [2.75, 3.05) is 13.7 Å². The van der Waals surface area contributed by atoms with Crippen LogP contribution in [0.4, 0.5) is 4.39 Å². The van der Waals surface area contributed by atoms with Gasteiger partial charge in [-0.25, -0.2) is 4.39 Å². The number of rotatable bonds is 2. The molecular weight excluding hydrogens is 279 g/mol. The van der Waals surface area contributed by atoms with E-state index in [0.717, 1.165) is 11.9 Å². The van der Waals surface area contributed by atoms with Gasteiger partial charge in [0.15, 0.2) is 16.3 Å². The van der Waals surface area contributed by atoms with E-state index >= 15 is 0 Å². The van der Waals surface area contributed by atoms with Gasteiger partial charge in [0.05, 0.1) is 29.8 Å². The Balaban J connectivity index is 2.30. The molecule has 1 N–H and O–H groups in total. The van der Waals surface area contributed by atoms with Crippen LogP contribution < -0.4 is 4.74 Å². The third-order valence-corrected chi connectivity index (χ3v) is 4.60. The zero-order chi connectivity index (χ0) is 14.5. The van der Waals surface area contributed by atoms with Gasteiger partial charge < -0.3 is 19.0 Å². The number of halogens is 1. The average molecular weight is 296 g/mol. The maximum Gasteiger partial charge on any atom is 0.178 e. The summed E-state index contributed by atoms with van der Waals surface area (Å²) in [6.07, 6.45) is 0.916. The Bertz CT molecular complexity index is 724. The summed E-state index contributed by atoms with van der Waals surface area (Å²) in [5.41, 5.74) is 1.28. The van der Waals surface area contributed by atoms with Crippen molar-refractivity contribution in [1.29, 1.82) is 0 Å². The zero-order valence-electron chi connectivity index (χ0n) is 11.7. The first-order valence-corrected chi connectivity index (χ1v) is 6.98. The van der Waals surface area contributed by atoms with Crippen LogP contribution in [0.5, 0.6) is 5.75 Å². The summed E-state index contributed by atoms with van der Waals surface area (Å²) in [6.45, 7) is 4.85. The van der Waals surface area contributed by atoms with E-state index < -0.39 is 5.82 Å². The van der Waals surface area contributed by atoms with E-state index in [1.165, 1.54) is 13.2 Å². The first-order chi connectivity index (χ1) is 9.47. The van der Waals surface area contributed by atoms with Crippen molar-refractivity contribution in [3.8, 4) is 5.75 Å². The smallest absolute Gasteiger partial charge is 0.178 e. The minimum absolute atomic E-state index is 0.0456. The molecule has 2 atom stereocenters. The number of nitrogens with one attached hydrogen (secondary N) is 1. The normalized spacial score (nSPS) is 26.3. The standard InChI is InChI=1S/C14H17FN2O2S/c1-8-14(2,4-5-19-8)17-11-7-12(18-3)9(15)6-10(11)16-13(17)20/h6-8H,4-5H2,1-3H3,(H,16,20). The summed E-state index contributed by atoms with van der Waals surface area (Å²) in [4.78, 5) is 3.07. The van der Waals surface area contributed by atoms with Gasteiger partial charge in [0.1, 0.15) is 0 Å². The second-order valence-corrected chi connectivity index (χ2v) is 5.78. The van der Waals surface area contributed by atoms with Crippen molar-refractivity contribution in [2.24, 2.45) is 0 Å². The van der Waals surface area contributed by atoms with E-state index in [0.29, 0.717) is 16.9 Å². The predicted octanol–water partition coefficient (Wildman–Crippen LogP) is 3.37. The van der Waals surface area contributed by atoms with Gasteiger partial charge in [0, 0.05) is 18.7 Å². The number of hydrogen-bond acceptors (Lipinski definition) is 3. The van der Waals surface area contributed by atoms with Gasteiger partial charge >= 0.3 is 0 Å². The molecule has 0 aliphatic carbocycles. The molecule has 0 spiro atoms. The predicted molar refractivity (Wildman–Crippen MR) is 77.3 cm³/mol. The Morgan fingerprint density at radius 2 is 2.30 bits per heavy atom. The molecule has 1 aromatic heterocycles. The van der Waals surface area contributed by atoms with Crippen molar-refractivity contribution in [2.45, 2.75) is 31.9 Å². The van der Waals surface area contributed by atoms with E-state index in [1.807, 2.05) is 11.5 Å². The fourth-order valence-corrected chi connectivity index (χ4v) is 3.31. The summed E-state index contributed by atoms with van der Waals surface area (Å²) in [5.74, 6) is -0.181. The lowest BCUT2D eigenvalue weighted by atomic mass is 9.94. The van der Waals surface area contributed by atoms with Gasteiger partial charge in [-0.05, 0) is 32.5 Å². The van der Waals surface area contributed by atoms with Crippen LogP contribution in [-0.2, 0) is 10.3 Å². The summed E-state index contributed by atoms with van der Waals surface area (Å²) < 4.78 is 27.2. The first-order valence-electron chi connectivity index (χ1n) is 6.57. The summed E-state index contributed by atoms with van der Waals surface area (Å²) in [7, 11) is 1.46. The largest absolute Gasteiger partial charge is 0.494 e. The van der Waals surface area contributed by atoms with Gasteiger partial charge in [-0.1, -0.05) is 0 Å². The minimum Gasteiger partial charge on any atom is -0.494 e. The Morgan fingerprint density at radius 1 is 1.55 bits per heavy atom. The Labute approximate surface area is 121 Å². The maximum atomic E-state index is 13.8. The summed E-state index contributed by atoms with van der Waals surface area (Å²) >= 11 is 5.43.